The van der Waals surface area contributed by atoms with Crippen LogP contribution in [0, 0.1) is 10.1 Å². The number of esters is 1. The lowest BCUT2D eigenvalue weighted by molar-refractivity contribution is -0.384. The molecule has 1 aliphatic heterocycles. The third kappa shape index (κ3) is 2.73. The van der Waals surface area contributed by atoms with E-state index in [1.54, 1.807) is 13.8 Å². The summed E-state index contributed by atoms with van der Waals surface area (Å²) in [5.74, 6) is -2.11. The fourth-order valence-electron chi connectivity index (χ4n) is 1.97. The van der Waals surface area contributed by atoms with Crippen molar-refractivity contribution in [3.63, 3.8) is 0 Å². The first kappa shape index (κ1) is 14.6. The number of fused-ring (bicyclic) bond motifs is 1. The molecule has 0 saturated heterocycles. The van der Waals surface area contributed by atoms with Gasteiger partial charge in [-0.15, -0.1) is 0 Å². The van der Waals surface area contributed by atoms with E-state index in [1.165, 1.54) is 6.07 Å². The Balaban J connectivity index is 2.26. The molecule has 2 amide bonds. The second-order valence-electron chi connectivity index (χ2n) is 4.72. The third-order valence-electron chi connectivity index (χ3n) is 2.82. The number of ether oxygens (including phenoxy) is 1. The molecule has 110 valence electrons. The van der Waals surface area contributed by atoms with Gasteiger partial charge in [0.1, 0.15) is 6.54 Å². The molecule has 1 aliphatic rings. The quantitative estimate of drug-likeness (QED) is 0.356. The molecule has 2 rings (SSSR count). The van der Waals surface area contributed by atoms with E-state index >= 15 is 0 Å². The molecule has 8 heteroatoms. The number of hydrogen-bond acceptors (Lipinski definition) is 6. The number of rotatable bonds is 4. The molecule has 0 aromatic heterocycles. The Bertz CT molecular complexity index is 652. The Morgan fingerprint density at radius 2 is 1.90 bits per heavy atom. The van der Waals surface area contributed by atoms with E-state index < -0.39 is 29.3 Å². The van der Waals surface area contributed by atoms with Crippen LogP contribution in [-0.4, -0.2) is 40.3 Å². The second kappa shape index (κ2) is 5.31. The Labute approximate surface area is 119 Å². The number of nitro groups is 1. The van der Waals surface area contributed by atoms with Crippen LogP contribution in [-0.2, 0) is 9.53 Å². The summed E-state index contributed by atoms with van der Waals surface area (Å²) in [6.45, 7) is 2.77. The number of nitro benzene ring substituents is 1. The first-order valence-corrected chi connectivity index (χ1v) is 6.15. The van der Waals surface area contributed by atoms with E-state index in [-0.39, 0.29) is 22.9 Å². The van der Waals surface area contributed by atoms with E-state index in [9.17, 15) is 24.5 Å². The van der Waals surface area contributed by atoms with Gasteiger partial charge >= 0.3 is 5.97 Å². The van der Waals surface area contributed by atoms with E-state index in [1.807, 2.05) is 0 Å². The van der Waals surface area contributed by atoms with Gasteiger partial charge in [-0.25, -0.2) is 0 Å². The van der Waals surface area contributed by atoms with Crippen LogP contribution in [0.15, 0.2) is 18.2 Å². The van der Waals surface area contributed by atoms with Crippen LogP contribution in [0.5, 0.6) is 0 Å². The number of hydrogen-bond donors (Lipinski definition) is 0. The van der Waals surface area contributed by atoms with Gasteiger partial charge in [-0.2, -0.15) is 0 Å². The zero-order chi connectivity index (χ0) is 15.7. The lowest BCUT2D eigenvalue weighted by Crippen LogP contribution is -2.36. The number of amides is 2. The topological polar surface area (TPSA) is 107 Å². The minimum Gasteiger partial charge on any atom is -0.462 e. The fraction of sp³-hybridized carbons (Fsp3) is 0.308. The van der Waals surface area contributed by atoms with Crippen molar-refractivity contribution in [1.29, 1.82) is 0 Å². The third-order valence-corrected chi connectivity index (χ3v) is 2.82. The summed E-state index contributed by atoms with van der Waals surface area (Å²) >= 11 is 0. The average molecular weight is 292 g/mol. The zero-order valence-electron chi connectivity index (χ0n) is 11.4. The normalized spacial score (nSPS) is 13.6. The molecule has 0 N–H and O–H groups in total. The monoisotopic (exact) mass is 292 g/mol. The van der Waals surface area contributed by atoms with Gasteiger partial charge < -0.3 is 4.74 Å². The van der Waals surface area contributed by atoms with E-state index in [0.717, 1.165) is 17.0 Å². The van der Waals surface area contributed by atoms with Crippen LogP contribution in [0.25, 0.3) is 0 Å². The number of imide groups is 1. The molecule has 0 unspecified atom stereocenters. The predicted molar refractivity (Wildman–Crippen MR) is 69.7 cm³/mol. The highest BCUT2D eigenvalue weighted by Crippen LogP contribution is 2.26. The van der Waals surface area contributed by atoms with Crippen molar-refractivity contribution in [2.75, 3.05) is 6.54 Å². The van der Waals surface area contributed by atoms with Gasteiger partial charge in [0, 0.05) is 12.1 Å². The van der Waals surface area contributed by atoms with Gasteiger partial charge in [0.15, 0.2) is 0 Å². The number of nitrogens with zero attached hydrogens (tertiary/aromatic N) is 2. The minimum atomic E-state index is -0.737. The van der Waals surface area contributed by atoms with Gasteiger partial charge in [0.2, 0.25) is 0 Å². The largest absolute Gasteiger partial charge is 0.462 e. The van der Waals surface area contributed by atoms with Crippen LogP contribution < -0.4 is 0 Å². The van der Waals surface area contributed by atoms with Crippen LogP contribution >= 0.6 is 0 Å². The molecule has 0 aliphatic carbocycles. The number of non-ortho nitro benzene ring substituents is 1. The smallest absolute Gasteiger partial charge is 0.326 e. The molecular weight excluding hydrogens is 280 g/mol. The van der Waals surface area contributed by atoms with E-state index in [4.69, 9.17) is 4.74 Å². The molecule has 21 heavy (non-hydrogen) atoms. The van der Waals surface area contributed by atoms with Gasteiger partial charge in [-0.05, 0) is 19.9 Å². The predicted octanol–water partition coefficient (Wildman–Crippen LogP) is 1.14. The highest BCUT2D eigenvalue weighted by molar-refractivity contribution is 6.22. The van der Waals surface area contributed by atoms with Crippen molar-refractivity contribution >= 4 is 23.5 Å². The standard InChI is InChI=1S/C13H12N2O6/c1-7(2)21-11(16)6-14-12(17)9-4-3-8(15(19)20)5-10(9)13(14)18/h3-5,7H,6H2,1-2H3. The maximum Gasteiger partial charge on any atom is 0.326 e. The molecule has 0 saturated carbocycles. The Morgan fingerprint density at radius 3 is 2.48 bits per heavy atom. The van der Waals surface area contributed by atoms with Crippen molar-refractivity contribution in [2.45, 2.75) is 20.0 Å². The van der Waals surface area contributed by atoms with Crippen molar-refractivity contribution < 1.29 is 24.0 Å². The van der Waals surface area contributed by atoms with Gasteiger partial charge in [-0.3, -0.25) is 29.4 Å². The number of benzene rings is 1. The van der Waals surface area contributed by atoms with Crippen molar-refractivity contribution in [2.24, 2.45) is 0 Å². The highest BCUT2D eigenvalue weighted by Gasteiger charge is 2.38. The van der Waals surface area contributed by atoms with Crippen LogP contribution in [0.2, 0.25) is 0 Å². The molecule has 1 aromatic rings. The number of carbonyl (C=O) groups excluding carboxylic acids is 3. The maximum atomic E-state index is 12.1. The molecule has 0 spiro atoms. The molecule has 8 nitrogen and oxygen atoms in total. The summed E-state index contributed by atoms with van der Waals surface area (Å²) in [5, 5.41) is 10.7. The van der Waals surface area contributed by atoms with E-state index in [2.05, 4.69) is 0 Å². The molecular formula is C13H12N2O6. The lowest BCUT2D eigenvalue weighted by Gasteiger charge is -2.14. The molecule has 0 bridgehead atoms. The van der Waals surface area contributed by atoms with Gasteiger partial charge in [-0.1, -0.05) is 0 Å². The SMILES string of the molecule is CC(C)OC(=O)CN1C(=O)c2ccc([N+](=O)[O-])cc2C1=O. The van der Waals surface area contributed by atoms with Crippen molar-refractivity contribution in [3.05, 3.63) is 39.4 Å². The average Bonchev–Trinajstić information content (AvgIpc) is 2.62. The first-order chi connectivity index (χ1) is 9.81. The van der Waals surface area contributed by atoms with Crippen LogP contribution in [0.1, 0.15) is 34.6 Å². The summed E-state index contributed by atoms with van der Waals surface area (Å²) in [4.78, 5) is 46.4. The first-order valence-electron chi connectivity index (χ1n) is 6.15. The molecule has 0 radical (unpaired) electrons. The summed E-state index contributed by atoms with van der Waals surface area (Å²) < 4.78 is 4.88. The Kier molecular flexibility index (Phi) is 3.70. The van der Waals surface area contributed by atoms with Crippen molar-refractivity contribution in [1.82, 2.24) is 4.90 Å². The number of carbonyl (C=O) groups is 3. The van der Waals surface area contributed by atoms with Crippen molar-refractivity contribution in [3.8, 4) is 0 Å². The Hall–Kier alpha value is -2.77. The summed E-state index contributed by atoms with van der Waals surface area (Å²) in [5.41, 5.74) is -0.323. The van der Waals surface area contributed by atoms with Crippen LogP contribution in [0.4, 0.5) is 5.69 Å². The van der Waals surface area contributed by atoms with Crippen LogP contribution in [0.3, 0.4) is 0 Å². The van der Waals surface area contributed by atoms with Gasteiger partial charge in [0.05, 0.1) is 22.2 Å². The zero-order valence-corrected chi connectivity index (χ0v) is 11.4. The molecule has 1 heterocycles. The molecule has 0 fully saturated rings. The molecule has 1 aromatic carbocycles. The van der Waals surface area contributed by atoms with Gasteiger partial charge in [0.25, 0.3) is 17.5 Å². The fourth-order valence-corrected chi connectivity index (χ4v) is 1.97. The lowest BCUT2D eigenvalue weighted by atomic mass is 10.1. The Morgan fingerprint density at radius 1 is 1.29 bits per heavy atom. The summed E-state index contributed by atoms with van der Waals surface area (Å²) in [6.07, 6.45) is -0.367. The van der Waals surface area contributed by atoms with E-state index in [0.29, 0.717) is 0 Å². The molecule has 0 atom stereocenters. The minimum absolute atomic E-state index is 0.0444. The highest BCUT2D eigenvalue weighted by atomic mass is 16.6. The summed E-state index contributed by atoms with van der Waals surface area (Å²) in [7, 11) is 0. The second-order valence-corrected chi connectivity index (χ2v) is 4.72. The summed E-state index contributed by atoms with van der Waals surface area (Å²) in [6, 6.07) is 3.38. The maximum absolute atomic E-state index is 12.1.